The normalized spacial score (nSPS) is 17.1. The third kappa shape index (κ3) is 2.33. The zero-order chi connectivity index (χ0) is 12.4. The zero-order valence-corrected chi connectivity index (χ0v) is 10.1. The van der Waals surface area contributed by atoms with Crippen molar-refractivity contribution in [1.82, 2.24) is 0 Å². The van der Waals surface area contributed by atoms with E-state index < -0.39 is 5.91 Å². The number of amides is 1. The molecule has 0 aliphatic heterocycles. The average molecular weight is 235 g/mol. The Labute approximate surface area is 101 Å². The van der Waals surface area contributed by atoms with Crippen molar-refractivity contribution in [3.8, 4) is 0 Å². The molecule has 92 valence electrons. The van der Waals surface area contributed by atoms with Crippen LogP contribution in [0.25, 0.3) is 0 Å². The van der Waals surface area contributed by atoms with Gasteiger partial charge in [0.15, 0.2) is 0 Å². The number of benzene rings is 1. The molecule has 2 N–H and O–H groups in total. The maximum atomic E-state index is 13.9. The van der Waals surface area contributed by atoms with Gasteiger partial charge in [0.2, 0.25) is 5.91 Å². The summed E-state index contributed by atoms with van der Waals surface area (Å²) < 4.78 is 13.9. The molecule has 0 saturated heterocycles. The summed E-state index contributed by atoms with van der Waals surface area (Å²) in [7, 11) is 0. The topological polar surface area (TPSA) is 43.1 Å². The van der Waals surface area contributed by atoms with Gasteiger partial charge < -0.3 is 5.73 Å². The van der Waals surface area contributed by atoms with E-state index in [0.29, 0.717) is 11.1 Å². The Morgan fingerprint density at radius 3 is 2.53 bits per heavy atom. The Hall–Kier alpha value is -1.38. The summed E-state index contributed by atoms with van der Waals surface area (Å²) in [6.07, 6.45) is 5.54. The molecule has 2 rings (SSSR count). The third-order valence-electron chi connectivity index (χ3n) is 3.74. The predicted octanol–water partition coefficient (Wildman–Crippen LogP) is 3.28. The lowest BCUT2D eigenvalue weighted by atomic mass is 9.81. The van der Waals surface area contributed by atoms with E-state index in [4.69, 9.17) is 5.73 Å². The van der Waals surface area contributed by atoms with Crippen molar-refractivity contribution in [2.45, 2.75) is 44.9 Å². The van der Waals surface area contributed by atoms with Crippen molar-refractivity contribution in [3.05, 3.63) is 34.6 Å². The molecule has 0 radical (unpaired) electrons. The van der Waals surface area contributed by atoms with Crippen LogP contribution < -0.4 is 5.73 Å². The van der Waals surface area contributed by atoms with E-state index in [2.05, 4.69) is 0 Å². The number of nitrogens with two attached hydrogens (primary N) is 1. The first-order chi connectivity index (χ1) is 8.11. The highest BCUT2D eigenvalue weighted by Crippen LogP contribution is 2.36. The van der Waals surface area contributed by atoms with E-state index in [1.54, 1.807) is 6.92 Å². The first-order valence-electron chi connectivity index (χ1n) is 6.20. The summed E-state index contributed by atoms with van der Waals surface area (Å²) in [5.74, 6) is -0.415. The van der Waals surface area contributed by atoms with E-state index in [1.165, 1.54) is 18.6 Å². The van der Waals surface area contributed by atoms with Gasteiger partial charge in [0.05, 0.1) is 0 Å². The van der Waals surface area contributed by atoms with Crippen LogP contribution in [0.5, 0.6) is 0 Å². The molecule has 1 amide bonds. The smallest absolute Gasteiger partial charge is 0.248 e. The molecule has 1 aromatic rings. The van der Waals surface area contributed by atoms with Gasteiger partial charge in [0, 0.05) is 5.56 Å². The van der Waals surface area contributed by atoms with Crippen molar-refractivity contribution in [2.24, 2.45) is 5.73 Å². The molecule has 1 fully saturated rings. The number of hydrogen-bond acceptors (Lipinski definition) is 1. The molecular formula is C14H18FNO. The average Bonchev–Trinajstić information content (AvgIpc) is 2.30. The van der Waals surface area contributed by atoms with Crippen LogP contribution in [0.1, 0.15) is 59.5 Å². The van der Waals surface area contributed by atoms with Gasteiger partial charge in [-0.05, 0) is 48.9 Å². The molecule has 1 aliphatic carbocycles. The van der Waals surface area contributed by atoms with Gasteiger partial charge in [-0.1, -0.05) is 19.3 Å². The van der Waals surface area contributed by atoms with Crippen molar-refractivity contribution in [1.29, 1.82) is 0 Å². The summed E-state index contributed by atoms with van der Waals surface area (Å²) in [4.78, 5) is 11.3. The highest BCUT2D eigenvalue weighted by atomic mass is 19.1. The Kier molecular flexibility index (Phi) is 3.46. The minimum absolute atomic E-state index is 0.195. The van der Waals surface area contributed by atoms with Gasteiger partial charge in [0.25, 0.3) is 0 Å². The highest BCUT2D eigenvalue weighted by Gasteiger charge is 2.23. The lowest BCUT2D eigenvalue weighted by Crippen LogP contribution is -2.16. The van der Waals surface area contributed by atoms with E-state index in [9.17, 15) is 9.18 Å². The molecule has 1 aromatic carbocycles. The predicted molar refractivity (Wildman–Crippen MR) is 65.5 cm³/mol. The summed E-state index contributed by atoms with van der Waals surface area (Å²) in [6, 6.07) is 2.86. The molecule has 1 aliphatic rings. The Bertz CT molecular complexity index is 436. The maximum absolute atomic E-state index is 13.9. The molecule has 0 spiro atoms. The SMILES string of the molecule is Cc1c(C(N)=O)ccc(F)c1C1CCCCC1. The molecule has 0 atom stereocenters. The standard InChI is InChI=1S/C14H18FNO/c1-9-11(14(16)17)7-8-12(15)13(9)10-5-3-2-4-6-10/h7-8,10H,2-6H2,1H3,(H2,16,17). The molecule has 3 heteroatoms. The van der Waals surface area contributed by atoms with Crippen LogP contribution in [-0.4, -0.2) is 5.91 Å². The summed E-state index contributed by atoms with van der Waals surface area (Å²) in [5.41, 5.74) is 7.19. The minimum atomic E-state index is -0.473. The summed E-state index contributed by atoms with van der Waals surface area (Å²) >= 11 is 0. The Balaban J connectivity index is 2.43. The van der Waals surface area contributed by atoms with E-state index in [0.717, 1.165) is 31.2 Å². The molecule has 2 nitrogen and oxygen atoms in total. The highest BCUT2D eigenvalue weighted by molar-refractivity contribution is 5.94. The van der Waals surface area contributed by atoms with E-state index >= 15 is 0 Å². The third-order valence-corrected chi connectivity index (χ3v) is 3.74. The fraction of sp³-hybridized carbons (Fsp3) is 0.500. The van der Waals surface area contributed by atoms with Crippen LogP contribution in [0.15, 0.2) is 12.1 Å². The number of primary amides is 1. The van der Waals surface area contributed by atoms with E-state index in [-0.39, 0.29) is 11.7 Å². The number of carbonyl (C=O) groups excluding carboxylic acids is 1. The molecule has 0 heterocycles. The summed E-state index contributed by atoms with van der Waals surface area (Å²) in [5, 5.41) is 0. The lowest BCUT2D eigenvalue weighted by Gasteiger charge is -2.24. The van der Waals surface area contributed by atoms with Crippen LogP contribution in [0.4, 0.5) is 4.39 Å². The Morgan fingerprint density at radius 1 is 1.29 bits per heavy atom. The lowest BCUT2D eigenvalue weighted by molar-refractivity contribution is 0.0999. The monoisotopic (exact) mass is 235 g/mol. The van der Waals surface area contributed by atoms with E-state index in [1.807, 2.05) is 0 Å². The Morgan fingerprint density at radius 2 is 1.94 bits per heavy atom. The maximum Gasteiger partial charge on any atom is 0.248 e. The molecule has 17 heavy (non-hydrogen) atoms. The van der Waals surface area contributed by atoms with Crippen LogP contribution >= 0.6 is 0 Å². The van der Waals surface area contributed by atoms with Crippen LogP contribution in [0, 0.1) is 12.7 Å². The van der Waals surface area contributed by atoms with Gasteiger partial charge in [0.1, 0.15) is 5.82 Å². The molecule has 0 unspecified atom stereocenters. The summed E-state index contributed by atoms with van der Waals surface area (Å²) in [6.45, 7) is 1.80. The second-order valence-corrected chi connectivity index (χ2v) is 4.83. The van der Waals surface area contributed by atoms with Crippen molar-refractivity contribution < 1.29 is 9.18 Å². The van der Waals surface area contributed by atoms with Crippen LogP contribution in [0.3, 0.4) is 0 Å². The van der Waals surface area contributed by atoms with Crippen LogP contribution in [0.2, 0.25) is 0 Å². The molecule has 1 saturated carbocycles. The second-order valence-electron chi connectivity index (χ2n) is 4.83. The van der Waals surface area contributed by atoms with Gasteiger partial charge >= 0.3 is 0 Å². The second kappa shape index (κ2) is 4.86. The molecular weight excluding hydrogens is 217 g/mol. The number of halogens is 1. The van der Waals surface area contributed by atoms with Gasteiger partial charge in [-0.2, -0.15) is 0 Å². The number of hydrogen-bond donors (Lipinski definition) is 1. The van der Waals surface area contributed by atoms with Crippen molar-refractivity contribution in [3.63, 3.8) is 0 Å². The molecule has 0 aromatic heterocycles. The van der Waals surface area contributed by atoms with Gasteiger partial charge in [-0.3, -0.25) is 4.79 Å². The quantitative estimate of drug-likeness (QED) is 0.839. The fourth-order valence-electron chi connectivity index (χ4n) is 2.85. The van der Waals surface area contributed by atoms with Crippen molar-refractivity contribution in [2.75, 3.05) is 0 Å². The van der Waals surface area contributed by atoms with Crippen LogP contribution in [-0.2, 0) is 0 Å². The zero-order valence-electron chi connectivity index (χ0n) is 10.1. The first kappa shape index (κ1) is 12.1. The number of rotatable bonds is 2. The minimum Gasteiger partial charge on any atom is -0.366 e. The van der Waals surface area contributed by atoms with Gasteiger partial charge in [-0.15, -0.1) is 0 Å². The first-order valence-corrected chi connectivity index (χ1v) is 6.20. The van der Waals surface area contributed by atoms with Gasteiger partial charge in [-0.25, -0.2) is 4.39 Å². The molecule has 0 bridgehead atoms. The van der Waals surface area contributed by atoms with Crippen molar-refractivity contribution >= 4 is 5.91 Å². The largest absolute Gasteiger partial charge is 0.366 e. The number of carbonyl (C=O) groups is 1. The fourth-order valence-corrected chi connectivity index (χ4v) is 2.85.